The molecule has 94 valence electrons. The maximum absolute atomic E-state index is 11.3. The molecule has 0 amide bonds. The number of hydrogen-bond acceptors (Lipinski definition) is 5. The van der Waals surface area contributed by atoms with Gasteiger partial charge in [0.1, 0.15) is 6.10 Å². The molecule has 0 aliphatic carbocycles. The molecule has 6 heteroatoms. The summed E-state index contributed by atoms with van der Waals surface area (Å²) < 4.78 is 4.56. The summed E-state index contributed by atoms with van der Waals surface area (Å²) in [5.41, 5.74) is 0.545. The van der Waals surface area contributed by atoms with Gasteiger partial charge in [0.2, 0.25) is 0 Å². The molecule has 2 unspecified atom stereocenters. The molecule has 0 bridgehead atoms. The van der Waals surface area contributed by atoms with Crippen LogP contribution in [-0.4, -0.2) is 39.7 Å². The number of carbonyl (C=O) groups is 1. The van der Waals surface area contributed by atoms with Gasteiger partial charge >= 0.3 is 5.97 Å². The van der Waals surface area contributed by atoms with Crippen LogP contribution < -0.4 is 0 Å². The Kier molecular flexibility index (Phi) is 5.54. The Labute approximate surface area is 108 Å². The summed E-state index contributed by atoms with van der Waals surface area (Å²) in [6, 6.07) is 2.90. The highest BCUT2D eigenvalue weighted by atomic mass is 79.9. The van der Waals surface area contributed by atoms with E-state index in [0.29, 0.717) is 17.3 Å². The molecule has 17 heavy (non-hydrogen) atoms. The predicted molar refractivity (Wildman–Crippen MR) is 65.0 cm³/mol. The number of carbonyl (C=O) groups excluding carboxylic acids is 1. The van der Waals surface area contributed by atoms with Gasteiger partial charge in [-0.05, 0) is 18.6 Å². The molecule has 0 spiro atoms. The lowest BCUT2D eigenvalue weighted by molar-refractivity contribution is 0.0147. The lowest BCUT2D eigenvalue weighted by atomic mass is 10.1. The average Bonchev–Trinajstić information content (AvgIpc) is 2.37. The Hall–Kier alpha value is -0.980. The third kappa shape index (κ3) is 3.76. The van der Waals surface area contributed by atoms with Crippen molar-refractivity contribution in [2.45, 2.75) is 18.6 Å². The smallest absolute Gasteiger partial charge is 0.337 e. The number of pyridine rings is 1. The number of alkyl halides is 1. The minimum Gasteiger partial charge on any atom is -0.465 e. The van der Waals surface area contributed by atoms with Crippen molar-refractivity contribution in [3.63, 3.8) is 0 Å². The molecule has 2 N–H and O–H groups in total. The van der Waals surface area contributed by atoms with E-state index in [-0.39, 0.29) is 5.69 Å². The van der Waals surface area contributed by atoms with Gasteiger partial charge in [0.05, 0.1) is 24.5 Å². The Morgan fingerprint density at radius 2 is 2.29 bits per heavy atom. The minimum atomic E-state index is -1.11. The molecule has 2 atom stereocenters. The largest absolute Gasteiger partial charge is 0.465 e. The van der Waals surface area contributed by atoms with Gasteiger partial charge in [0.15, 0.2) is 0 Å². The molecule has 1 rings (SSSR count). The summed E-state index contributed by atoms with van der Waals surface area (Å²) in [4.78, 5) is 15.2. The summed E-state index contributed by atoms with van der Waals surface area (Å²) in [6.07, 6.45) is -0.247. The van der Waals surface area contributed by atoms with Crippen molar-refractivity contribution in [1.82, 2.24) is 4.98 Å². The average molecular weight is 304 g/mol. The number of halogens is 1. The summed E-state index contributed by atoms with van der Waals surface area (Å²) in [6.45, 7) is 0. The van der Waals surface area contributed by atoms with Gasteiger partial charge in [-0.25, -0.2) is 4.79 Å². The van der Waals surface area contributed by atoms with E-state index in [0.717, 1.165) is 0 Å². The second-order valence-electron chi connectivity index (χ2n) is 3.45. The molecule has 0 aliphatic heterocycles. The predicted octanol–water partition coefficient (Wildman–Crippen LogP) is 1.05. The van der Waals surface area contributed by atoms with E-state index in [1.165, 1.54) is 25.4 Å². The maximum atomic E-state index is 11.3. The second kappa shape index (κ2) is 6.68. The van der Waals surface area contributed by atoms with Gasteiger partial charge in [-0.15, -0.1) is 0 Å². The molecule has 0 saturated carbocycles. The monoisotopic (exact) mass is 303 g/mol. The number of rotatable bonds is 5. The molecule has 1 heterocycles. The fraction of sp³-hybridized carbons (Fsp3) is 0.455. The molecular weight excluding hydrogens is 290 g/mol. The zero-order chi connectivity index (χ0) is 12.8. The van der Waals surface area contributed by atoms with E-state index in [1.807, 2.05) is 0 Å². The van der Waals surface area contributed by atoms with Crippen LogP contribution in [0, 0.1) is 0 Å². The van der Waals surface area contributed by atoms with Gasteiger partial charge in [0.25, 0.3) is 0 Å². The Bertz CT molecular complexity index is 385. The van der Waals surface area contributed by atoms with Crippen LogP contribution in [0.25, 0.3) is 0 Å². The molecule has 1 aromatic rings. The van der Waals surface area contributed by atoms with E-state index in [4.69, 9.17) is 0 Å². The maximum Gasteiger partial charge on any atom is 0.337 e. The molecule has 0 radical (unpaired) electrons. The number of methoxy groups -OCH3 is 1. The van der Waals surface area contributed by atoms with Gasteiger partial charge in [-0.3, -0.25) is 4.98 Å². The molecule has 5 nitrogen and oxygen atoms in total. The van der Waals surface area contributed by atoms with Crippen molar-refractivity contribution in [2.75, 3.05) is 12.4 Å². The minimum absolute atomic E-state index is 0.251. The standard InChI is InChI=1S/C11H14BrNO4/c1-17-11(16)7-3-5-13-8(6-7)10(15)9(14)2-4-12/h3,5-6,9-10,14-15H,2,4H2,1H3. The summed E-state index contributed by atoms with van der Waals surface area (Å²) in [7, 11) is 1.28. The summed E-state index contributed by atoms with van der Waals surface area (Å²) in [5.74, 6) is -0.504. The van der Waals surface area contributed by atoms with Crippen molar-refractivity contribution in [3.8, 4) is 0 Å². The van der Waals surface area contributed by atoms with Crippen molar-refractivity contribution < 1.29 is 19.7 Å². The Morgan fingerprint density at radius 3 is 2.88 bits per heavy atom. The number of aliphatic hydroxyl groups is 2. The van der Waals surface area contributed by atoms with Crippen LogP contribution in [0.5, 0.6) is 0 Å². The molecule has 0 saturated heterocycles. The van der Waals surface area contributed by atoms with Crippen LogP contribution in [0.1, 0.15) is 28.6 Å². The van der Waals surface area contributed by atoms with Crippen LogP contribution in [0.15, 0.2) is 18.3 Å². The molecule has 0 fully saturated rings. The quantitative estimate of drug-likeness (QED) is 0.628. The topological polar surface area (TPSA) is 79.7 Å². The van der Waals surface area contributed by atoms with E-state index in [2.05, 4.69) is 25.7 Å². The van der Waals surface area contributed by atoms with Crippen molar-refractivity contribution in [3.05, 3.63) is 29.6 Å². The Balaban J connectivity index is 2.87. The summed E-state index contributed by atoms with van der Waals surface area (Å²) >= 11 is 3.17. The number of aromatic nitrogens is 1. The van der Waals surface area contributed by atoms with Gasteiger partial charge in [0, 0.05) is 11.5 Å². The third-order valence-electron chi connectivity index (χ3n) is 2.27. The van der Waals surface area contributed by atoms with Crippen LogP contribution >= 0.6 is 15.9 Å². The molecule has 1 aromatic heterocycles. The van der Waals surface area contributed by atoms with Crippen molar-refractivity contribution in [1.29, 1.82) is 0 Å². The van der Waals surface area contributed by atoms with E-state index in [9.17, 15) is 15.0 Å². The SMILES string of the molecule is COC(=O)c1ccnc(C(O)C(O)CCBr)c1. The highest BCUT2D eigenvalue weighted by Gasteiger charge is 2.20. The van der Waals surface area contributed by atoms with E-state index < -0.39 is 18.2 Å². The molecular formula is C11H14BrNO4. The van der Waals surface area contributed by atoms with Crippen molar-refractivity contribution >= 4 is 21.9 Å². The first-order valence-corrected chi connectivity index (χ1v) is 6.18. The number of esters is 1. The first-order valence-electron chi connectivity index (χ1n) is 5.06. The Morgan fingerprint density at radius 1 is 1.59 bits per heavy atom. The first-order chi connectivity index (χ1) is 8.10. The highest BCUT2D eigenvalue weighted by molar-refractivity contribution is 9.09. The van der Waals surface area contributed by atoms with Gasteiger partial charge < -0.3 is 14.9 Å². The molecule has 0 aromatic carbocycles. The fourth-order valence-corrected chi connectivity index (χ4v) is 1.79. The number of nitrogens with zero attached hydrogens (tertiary/aromatic N) is 1. The lowest BCUT2D eigenvalue weighted by Gasteiger charge is -2.16. The van der Waals surface area contributed by atoms with E-state index in [1.54, 1.807) is 0 Å². The van der Waals surface area contributed by atoms with Crippen LogP contribution in [0.2, 0.25) is 0 Å². The van der Waals surface area contributed by atoms with Crippen LogP contribution in [0.3, 0.4) is 0 Å². The first kappa shape index (κ1) is 14.1. The van der Waals surface area contributed by atoms with E-state index >= 15 is 0 Å². The van der Waals surface area contributed by atoms with Gasteiger partial charge in [-0.1, -0.05) is 15.9 Å². The third-order valence-corrected chi connectivity index (χ3v) is 2.73. The van der Waals surface area contributed by atoms with Gasteiger partial charge in [-0.2, -0.15) is 0 Å². The number of hydrogen-bond donors (Lipinski definition) is 2. The second-order valence-corrected chi connectivity index (χ2v) is 4.24. The number of ether oxygens (including phenoxy) is 1. The zero-order valence-corrected chi connectivity index (χ0v) is 10.9. The van der Waals surface area contributed by atoms with Crippen LogP contribution in [0.4, 0.5) is 0 Å². The summed E-state index contributed by atoms with van der Waals surface area (Å²) in [5, 5.41) is 20.0. The molecule has 0 aliphatic rings. The zero-order valence-electron chi connectivity index (χ0n) is 9.34. The normalized spacial score (nSPS) is 14.1. The van der Waals surface area contributed by atoms with Crippen molar-refractivity contribution in [2.24, 2.45) is 0 Å². The highest BCUT2D eigenvalue weighted by Crippen LogP contribution is 2.18. The van der Waals surface area contributed by atoms with Crippen LogP contribution in [-0.2, 0) is 4.74 Å². The lowest BCUT2D eigenvalue weighted by Crippen LogP contribution is -2.20. The fourth-order valence-electron chi connectivity index (χ4n) is 1.32. The number of aliphatic hydroxyl groups excluding tert-OH is 2.